The Kier molecular flexibility index (Phi) is 8.48. The van der Waals surface area contributed by atoms with Gasteiger partial charge in [-0.1, -0.05) is 26.0 Å². The molecule has 0 bridgehead atoms. The number of hydrogen-bond acceptors (Lipinski definition) is 6. The lowest BCUT2D eigenvalue weighted by molar-refractivity contribution is 0.187. The zero-order valence-electron chi connectivity index (χ0n) is 26.7. The Bertz CT molecular complexity index is 1380. The molecule has 6 heteroatoms. The Morgan fingerprint density at radius 3 is 1.57 bits per heavy atom. The zero-order valence-corrected chi connectivity index (χ0v) is 26.7. The van der Waals surface area contributed by atoms with E-state index in [0.717, 1.165) is 55.2 Å². The zero-order chi connectivity index (χ0) is 30.2. The number of ether oxygens (including phenoxy) is 4. The summed E-state index contributed by atoms with van der Waals surface area (Å²) >= 11 is 0. The smallest absolute Gasteiger partial charge is 0.119 e. The summed E-state index contributed by atoms with van der Waals surface area (Å²) < 4.78 is 24.0. The van der Waals surface area contributed by atoms with E-state index in [4.69, 9.17) is 18.9 Å². The summed E-state index contributed by atoms with van der Waals surface area (Å²) in [5.74, 6) is 4.39. The van der Waals surface area contributed by atoms with Crippen LogP contribution in [0.4, 0.5) is 17.1 Å². The molecular weight excluding hydrogens is 548 g/mol. The summed E-state index contributed by atoms with van der Waals surface area (Å²) in [7, 11) is 4.28. The third-order valence-electron chi connectivity index (χ3n) is 10.3. The van der Waals surface area contributed by atoms with Crippen LogP contribution in [0.1, 0.15) is 45.1 Å². The minimum atomic E-state index is 0.424. The highest BCUT2D eigenvalue weighted by Crippen LogP contribution is 2.44. The molecule has 0 spiro atoms. The van der Waals surface area contributed by atoms with Crippen LogP contribution in [-0.2, 0) is 15.9 Å². The molecule has 44 heavy (non-hydrogen) atoms. The fourth-order valence-electron chi connectivity index (χ4n) is 7.57. The molecule has 3 aromatic rings. The number of likely N-dealkylation sites (N-methyl/N-ethyl adjacent to an activating group) is 1. The van der Waals surface area contributed by atoms with Crippen molar-refractivity contribution >= 4 is 17.1 Å². The molecule has 4 aliphatic rings. The maximum atomic E-state index is 6.16. The molecule has 8 unspecified atom stereocenters. The van der Waals surface area contributed by atoms with Crippen LogP contribution >= 0.6 is 0 Å². The van der Waals surface area contributed by atoms with Crippen molar-refractivity contribution in [3.8, 4) is 11.5 Å². The summed E-state index contributed by atoms with van der Waals surface area (Å²) in [5.41, 5.74) is 4.86. The SMILES string of the molecule is CC1CC(COc2ccc(N(C)CCc3ccc(N(C)c4ccc(OCC5CC(C)CC6OC56)cc4)cc3)cc2)C2OC2C1. The van der Waals surface area contributed by atoms with Gasteiger partial charge >= 0.3 is 0 Å². The van der Waals surface area contributed by atoms with Gasteiger partial charge in [0.2, 0.25) is 0 Å². The monoisotopic (exact) mass is 596 g/mol. The number of benzene rings is 3. The van der Waals surface area contributed by atoms with E-state index in [2.05, 4.69) is 111 Å². The first-order chi connectivity index (χ1) is 21.4. The largest absolute Gasteiger partial charge is 0.493 e. The standard InChI is InChI=1S/C38H48N2O4/c1-25-19-28(37-35(21-25)43-37)23-41-33-13-9-30(10-14-33)39(3)18-17-27-5-7-31(8-6-27)40(4)32-11-15-34(16-12-32)42-24-29-20-26(2)22-36-38(29)44-36/h5-16,25-26,28-29,35-38H,17-24H2,1-4H3. The fraction of sp³-hybridized carbons (Fsp3) is 0.526. The van der Waals surface area contributed by atoms with Crippen LogP contribution in [0.3, 0.4) is 0 Å². The minimum absolute atomic E-state index is 0.424. The summed E-state index contributed by atoms with van der Waals surface area (Å²) in [6.07, 6.45) is 7.64. The van der Waals surface area contributed by atoms with Crippen molar-refractivity contribution in [3.05, 3.63) is 78.4 Å². The first-order valence-electron chi connectivity index (χ1n) is 16.7. The van der Waals surface area contributed by atoms with Crippen molar-refractivity contribution in [1.82, 2.24) is 0 Å². The highest BCUT2D eigenvalue weighted by Gasteiger charge is 2.50. The molecular formula is C38H48N2O4. The van der Waals surface area contributed by atoms with Crippen molar-refractivity contribution in [1.29, 1.82) is 0 Å². The molecule has 2 aliphatic heterocycles. The van der Waals surface area contributed by atoms with Crippen LogP contribution in [0.5, 0.6) is 11.5 Å². The molecule has 7 rings (SSSR count). The fourth-order valence-corrected chi connectivity index (χ4v) is 7.57. The van der Waals surface area contributed by atoms with Crippen LogP contribution in [0.15, 0.2) is 72.8 Å². The average molecular weight is 597 g/mol. The molecule has 4 fully saturated rings. The predicted octanol–water partition coefficient (Wildman–Crippen LogP) is 7.52. The second-order valence-corrected chi connectivity index (χ2v) is 14.0. The van der Waals surface area contributed by atoms with Gasteiger partial charge in [-0.05, 0) is 110 Å². The lowest BCUT2D eigenvalue weighted by atomic mass is 9.83. The lowest BCUT2D eigenvalue weighted by Gasteiger charge is -2.24. The van der Waals surface area contributed by atoms with E-state index in [0.29, 0.717) is 36.3 Å². The molecule has 2 heterocycles. The molecule has 0 amide bonds. The van der Waals surface area contributed by atoms with Gasteiger partial charge in [0.15, 0.2) is 0 Å². The molecule has 8 atom stereocenters. The normalized spacial score (nSPS) is 30.1. The maximum absolute atomic E-state index is 6.16. The van der Waals surface area contributed by atoms with Crippen LogP contribution in [0.2, 0.25) is 0 Å². The summed E-state index contributed by atoms with van der Waals surface area (Å²) in [6, 6.07) is 25.9. The van der Waals surface area contributed by atoms with Crippen molar-refractivity contribution in [2.45, 2.75) is 70.4 Å². The third kappa shape index (κ3) is 6.87. The maximum Gasteiger partial charge on any atom is 0.119 e. The van der Waals surface area contributed by atoms with Gasteiger partial charge in [0.05, 0.1) is 37.6 Å². The van der Waals surface area contributed by atoms with Crippen LogP contribution < -0.4 is 19.3 Å². The molecule has 2 saturated heterocycles. The number of rotatable bonds is 12. The van der Waals surface area contributed by atoms with Gasteiger partial charge in [-0.15, -0.1) is 0 Å². The highest BCUT2D eigenvalue weighted by molar-refractivity contribution is 5.63. The minimum Gasteiger partial charge on any atom is -0.493 e. The van der Waals surface area contributed by atoms with E-state index < -0.39 is 0 Å². The first-order valence-corrected chi connectivity index (χ1v) is 16.7. The van der Waals surface area contributed by atoms with Gasteiger partial charge in [0.25, 0.3) is 0 Å². The van der Waals surface area contributed by atoms with Crippen LogP contribution in [0, 0.1) is 23.7 Å². The van der Waals surface area contributed by atoms with E-state index in [1.807, 2.05) is 0 Å². The van der Waals surface area contributed by atoms with Crippen LogP contribution in [-0.4, -0.2) is 58.3 Å². The molecule has 6 nitrogen and oxygen atoms in total. The topological polar surface area (TPSA) is 50.0 Å². The van der Waals surface area contributed by atoms with E-state index in [1.54, 1.807) is 0 Å². The number of fused-ring (bicyclic) bond motifs is 2. The molecule has 2 saturated carbocycles. The highest BCUT2D eigenvalue weighted by atomic mass is 16.6. The molecule has 0 radical (unpaired) electrons. The summed E-state index contributed by atoms with van der Waals surface area (Å²) in [5, 5.41) is 0. The van der Waals surface area contributed by atoms with Gasteiger partial charge in [0.1, 0.15) is 11.5 Å². The second-order valence-electron chi connectivity index (χ2n) is 14.0. The Morgan fingerprint density at radius 1 is 0.614 bits per heavy atom. The van der Waals surface area contributed by atoms with Gasteiger partial charge in [-0.3, -0.25) is 0 Å². The van der Waals surface area contributed by atoms with E-state index >= 15 is 0 Å². The Balaban J connectivity index is 0.853. The van der Waals surface area contributed by atoms with Gasteiger partial charge in [-0.25, -0.2) is 0 Å². The van der Waals surface area contributed by atoms with Gasteiger partial charge < -0.3 is 28.7 Å². The third-order valence-corrected chi connectivity index (χ3v) is 10.3. The van der Waals surface area contributed by atoms with Crippen molar-refractivity contribution in [2.75, 3.05) is 43.7 Å². The Morgan fingerprint density at radius 2 is 1.07 bits per heavy atom. The molecule has 0 aromatic heterocycles. The summed E-state index contributed by atoms with van der Waals surface area (Å²) in [6.45, 7) is 7.10. The second kappa shape index (κ2) is 12.6. The van der Waals surface area contributed by atoms with Gasteiger partial charge in [0, 0.05) is 49.5 Å². The molecule has 234 valence electrons. The van der Waals surface area contributed by atoms with E-state index in [-0.39, 0.29) is 0 Å². The quantitative estimate of drug-likeness (QED) is 0.202. The number of hydrogen-bond donors (Lipinski definition) is 0. The van der Waals surface area contributed by atoms with E-state index in [1.165, 1.54) is 42.6 Å². The van der Waals surface area contributed by atoms with E-state index in [9.17, 15) is 0 Å². The van der Waals surface area contributed by atoms with Crippen LogP contribution in [0.25, 0.3) is 0 Å². The Labute approximate surface area is 263 Å². The lowest BCUT2D eigenvalue weighted by Crippen LogP contribution is -2.26. The van der Waals surface area contributed by atoms with Crippen molar-refractivity contribution < 1.29 is 18.9 Å². The molecule has 3 aromatic carbocycles. The van der Waals surface area contributed by atoms with Crippen molar-refractivity contribution in [2.24, 2.45) is 23.7 Å². The van der Waals surface area contributed by atoms with Crippen molar-refractivity contribution in [3.63, 3.8) is 0 Å². The molecule has 0 N–H and O–H groups in total. The number of anilines is 3. The average Bonchev–Trinajstić information content (AvgIpc) is 3.97. The Hall–Kier alpha value is -3.22. The summed E-state index contributed by atoms with van der Waals surface area (Å²) in [4.78, 5) is 4.53. The first kappa shape index (κ1) is 29.5. The molecule has 2 aliphatic carbocycles. The number of nitrogens with zero attached hydrogens (tertiary/aromatic N) is 2. The number of epoxide rings is 2. The predicted molar refractivity (Wildman–Crippen MR) is 176 cm³/mol. The van der Waals surface area contributed by atoms with Gasteiger partial charge in [-0.2, -0.15) is 0 Å².